The van der Waals surface area contributed by atoms with Crippen molar-refractivity contribution in [2.75, 3.05) is 20.2 Å². The lowest BCUT2D eigenvalue weighted by atomic mass is 9.99. The van der Waals surface area contributed by atoms with Crippen LogP contribution in [0.25, 0.3) is 0 Å². The van der Waals surface area contributed by atoms with Crippen LogP contribution < -0.4 is 10.1 Å². The summed E-state index contributed by atoms with van der Waals surface area (Å²) in [4.78, 5) is 11.0. The number of carboxylic acids is 1. The van der Waals surface area contributed by atoms with E-state index in [1.807, 2.05) is 6.92 Å². The van der Waals surface area contributed by atoms with Crippen LogP contribution in [-0.4, -0.2) is 31.3 Å². The zero-order valence-corrected chi connectivity index (χ0v) is 9.56. The fourth-order valence-electron chi connectivity index (χ4n) is 1.51. The summed E-state index contributed by atoms with van der Waals surface area (Å²) in [6, 6.07) is 7.18. The lowest BCUT2D eigenvalue weighted by Crippen LogP contribution is -2.23. The summed E-state index contributed by atoms with van der Waals surface area (Å²) >= 11 is 0. The van der Waals surface area contributed by atoms with Crippen LogP contribution in [-0.2, 0) is 4.79 Å². The minimum absolute atomic E-state index is 0.420. The van der Waals surface area contributed by atoms with Crippen molar-refractivity contribution in [3.63, 3.8) is 0 Å². The molecule has 1 unspecified atom stereocenters. The molecule has 1 rings (SSSR count). The van der Waals surface area contributed by atoms with Gasteiger partial charge in [0.05, 0.1) is 12.5 Å². The Kier molecular flexibility index (Phi) is 4.79. The normalized spacial score (nSPS) is 12.1. The van der Waals surface area contributed by atoms with Crippen LogP contribution in [0.2, 0.25) is 0 Å². The van der Waals surface area contributed by atoms with E-state index in [0.29, 0.717) is 13.2 Å². The molecule has 88 valence electrons. The van der Waals surface area contributed by atoms with Gasteiger partial charge in [-0.05, 0) is 31.7 Å². The van der Waals surface area contributed by atoms with E-state index in [1.54, 1.807) is 31.3 Å². The van der Waals surface area contributed by atoms with Crippen molar-refractivity contribution in [3.8, 4) is 5.75 Å². The number of rotatable bonds is 6. The highest BCUT2D eigenvalue weighted by molar-refractivity contribution is 5.76. The van der Waals surface area contributed by atoms with E-state index in [0.717, 1.165) is 11.3 Å². The highest BCUT2D eigenvalue weighted by Gasteiger charge is 2.18. The first-order valence-electron chi connectivity index (χ1n) is 5.29. The van der Waals surface area contributed by atoms with Gasteiger partial charge in [-0.25, -0.2) is 0 Å². The van der Waals surface area contributed by atoms with Crippen molar-refractivity contribution in [2.24, 2.45) is 0 Å². The highest BCUT2D eigenvalue weighted by atomic mass is 16.5. The number of carbonyl (C=O) groups is 1. The molecule has 4 heteroatoms. The number of benzene rings is 1. The van der Waals surface area contributed by atoms with Gasteiger partial charge in [-0.1, -0.05) is 12.1 Å². The van der Waals surface area contributed by atoms with Gasteiger partial charge in [-0.15, -0.1) is 0 Å². The van der Waals surface area contributed by atoms with Gasteiger partial charge in [-0.3, -0.25) is 4.79 Å². The monoisotopic (exact) mass is 223 g/mol. The van der Waals surface area contributed by atoms with Crippen LogP contribution in [0.3, 0.4) is 0 Å². The molecule has 0 heterocycles. The van der Waals surface area contributed by atoms with Gasteiger partial charge >= 0.3 is 5.97 Å². The van der Waals surface area contributed by atoms with Gasteiger partial charge in [0.15, 0.2) is 0 Å². The van der Waals surface area contributed by atoms with Crippen molar-refractivity contribution in [2.45, 2.75) is 12.8 Å². The van der Waals surface area contributed by atoms with Gasteiger partial charge < -0.3 is 15.2 Å². The summed E-state index contributed by atoms with van der Waals surface area (Å²) < 4.78 is 5.30. The number of likely N-dealkylation sites (N-methyl/N-ethyl adjacent to an activating group) is 1. The molecule has 0 bridgehead atoms. The summed E-state index contributed by atoms with van der Waals surface area (Å²) in [6.07, 6.45) is 0. The maximum absolute atomic E-state index is 11.0. The molecule has 1 atom stereocenters. The number of hydrogen-bond donors (Lipinski definition) is 2. The molecule has 4 nitrogen and oxygen atoms in total. The molecular weight excluding hydrogens is 206 g/mol. The van der Waals surface area contributed by atoms with Crippen molar-refractivity contribution < 1.29 is 14.6 Å². The van der Waals surface area contributed by atoms with E-state index in [9.17, 15) is 4.79 Å². The van der Waals surface area contributed by atoms with Gasteiger partial charge in [0, 0.05) is 6.54 Å². The average molecular weight is 223 g/mol. The maximum atomic E-state index is 11.0. The number of hydrogen-bond acceptors (Lipinski definition) is 3. The van der Waals surface area contributed by atoms with Crippen molar-refractivity contribution in [1.29, 1.82) is 0 Å². The number of nitrogens with one attached hydrogen (secondary N) is 1. The Morgan fingerprint density at radius 3 is 2.50 bits per heavy atom. The smallest absolute Gasteiger partial charge is 0.312 e. The van der Waals surface area contributed by atoms with Crippen LogP contribution in [0, 0.1) is 0 Å². The van der Waals surface area contributed by atoms with Gasteiger partial charge in [0.1, 0.15) is 5.75 Å². The molecule has 0 aliphatic heterocycles. The van der Waals surface area contributed by atoms with Crippen LogP contribution in [0.15, 0.2) is 24.3 Å². The summed E-state index contributed by atoms with van der Waals surface area (Å²) in [5.41, 5.74) is 0.783. The predicted octanol–water partition coefficient (Wildman–Crippen LogP) is 1.47. The van der Waals surface area contributed by atoms with Crippen molar-refractivity contribution >= 4 is 5.97 Å². The van der Waals surface area contributed by atoms with Gasteiger partial charge in [-0.2, -0.15) is 0 Å². The summed E-state index contributed by atoms with van der Waals surface area (Å²) in [5.74, 6) is -0.570. The second-order valence-corrected chi connectivity index (χ2v) is 3.45. The third-order valence-electron chi connectivity index (χ3n) is 2.30. The largest absolute Gasteiger partial charge is 0.494 e. The first-order chi connectivity index (χ1) is 7.69. The second-order valence-electron chi connectivity index (χ2n) is 3.45. The zero-order valence-electron chi connectivity index (χ0n) is 9.56. The number of aliphatic carboxylic acids is 1. The fourth-order valence-corrected chi connectivity index (χ4v) is 1.51. The van der Waals surface area contributed by atoms with Crippen LogP contribution in [0.1, 0.15) is 18.4 Å². The topological polar surface area (TPSA) is 58.6 Å². The minimum Gasteiger partial charge on any atom is -0.494 e. The summed E-state index contributed by atoms with van der Waals surface area (Å²) in [6.45, 7) is 2.94. The molecule has 1 aromatic rings. The molecular formula is C12H17NO3. The van der Waals surface area contributed by atoms with Crippen molar-refractivity contribution in [1.82, 2.24) is 5.32 Å². The second kappa shape index (κ2) is 6.12. The van der Waals surface area contributed by atoms with Crippen LogP contribution in [0.5, 0.6) is 5.75 Å². The first kappa shape index (κ1) is 12.5. The minimum atomic E-state index is -0.821. The first-order valence-corrected chi connectivity index (χ1v) is 5.29. The van der Waals surface area contributed by atoms with Gasteiger partial charge in [0.2, 0.25) is 0 Å². The Hall–Kier alpha value is -1.55. The molecule has 0 amide bonds. The van der Waals surface area contributed by atoms with Gasteiger partial charge in [0.25, 0.3) is 0 Å². The molecule has 1 aromatic carbocycles. The Morgan fingerprint density at radius 2 is 2.06 bits per heavy atom. The lowest BCUT2D eigenvalue weighted by molar-refractivity contribution is -0.138. The molecule has 0 saturated carbocycles. The molecule has 0 aliphatic rings. The van der Waals surface area contributed by atoms with E-state index in [2.05, 4.69) is 5.32 Å². The Morgan fingerprint density at radius 1 is 1.44 bits per heavy atom. The Balaban J connectivity index is 2.81. The van der Waals surface area contributed by atoms with E-state index in [1.165, 1.54) is 0 Å². The number of carboxylic acid groups (broad SMARTS) is 1. The summed E-state index contributed by atoms with van der Waals surface area (Å²) in [7, 11) is 1.74. The fraction of sp³-hybridized carbons (Fsp3) is 0.417. The molecule has 0 saturated heterocycles. The van der Waals surface area contributed by atoms with Crippen molar-refractivity contribution in [3.05, 3.63) is 29.8 Å². The quantitative estimate of drug-likeness (QED) is 0.766. The SMILES string of the molecule is CCOc1ccc(C(CNC)C(=O)O)cc1. The Bertz CT molecular complexity index is 335. The predicted molar refractivity (Wildman–Crippen MR) is 61.9 cm³/mol. The summed E-state index contributed by atoms with van der Waals surface area (Å²) in [5, 5.41) is 11.9. The number of ether oxygens (including phenoxy) is 1. The molecule has 0 spiro atoms. The van der Waals surface area contributed by atoms with Crippen LogP contribution in [0.4, 0.5) is 0 Å². The molecule has 0 fully saturated rings. The lowest BCUT2D eigenvalue weighted by Gasteiger charge is -2.12. The average Bonchev–Trinajstić information content (AvgIpc) is 2.27. The van der Waals surface area contributed by atoms with Crippen LogP contribution >= 0.6 is 0 Å². The van der Waals surface area contributed by atoms with E-state index in [4.69, 9.17) is 9.84 Å². The molecule has 0 radical (unpaired) electrons. The molecule has 2 N–H and O–H groups in total. The maximum Gasteiger partial charge on any atom is 0.312 e. The third-order valence-corrected chi connectivity index (χ3v) is 2.30. The van der Waals surface area contributed by atoms with E-state index < -0.39 is 11.9 Å². The standard InChI is InChI=1S/C12H17NO3/c1-3-16-10-6-4-9(5-7-10)11(8-13-2)12(14)15/h4-7,11,13H,3,8H2,1-2H3,(H,14,15). The molecule has 16 heavy (non-hydrogen) atoms. The molecule has 0 aromatic heterocycles. The highest BCUT2D eigenvalue weighted by Crippen LogP contribution is 2.19. The third kappa shape index (κ3) is 3.24. The van der Waals surface area contributed by atoms with E-state index >= 15 is 0 Å². The molecule has 0 aliphatic carbocycles. The van der Waals surface area contributed by atoms with E-state index in [-0.39, 0.29) is 0 Å². The zero-order chi connectivity index (χ0) is 12.0. The Labute approximate surface area is 95.2 Å².